The molecule has 0 bridgehead atoms. The van der Waals surface area contributed by atoms with Crippen LogP contribution in [-0.4, -0.2) is 6.61 Å². The van der Waals surface area contributed by atoms with Crippen LogP contribution in [0.25, 0.3) is 0 Å². The van der Waals surface area contributed by atoms with E-state index in [1.807, 2.05) is 0 Å². The number of fused-ring (bicyclic) bond motifs is 1. The maximum absolute atomic E-state index is 14.3. The van der Waals surface area contributed by atoms with E-state index in [1.165, 1.54) is 70.6 Å². The molecule has 0 aliphatic heterocycles. The van der Waals surface area contributed by atoms with Crippen molar-refractivity contribution in [3.8, 4) is 5.75 Å². The lowest BCUT2D eigenvalue weighted by Crippen LogP contribution is -2.34. The van der Waals surface area contributed by atoms with Gasteiger partial charge in [-0.15, -0.1) is 0 Å². The van der Waals surface area contributed by atoms with E-state index in [9.17, 15) is 4.39 Å². The van der Waals surface area contributed by atoms with Gasteiger partial charge in [0.15, 0.2) is 11.6 Å². The Morgan fingerprint density at radius 3 is 2.28 bits per heavy atom. The first-order valence-electron chi connectivity index (χ1n) is 12.2. The summed E-state index contributed by atoms with van der Waals surface area (Å²) in [4.78, 5) is 0. The number of ether oxygens (including phenoxy) is 1. The molecule has 0 heterocycles. The second-order valence-corrected chi connectivity index (χ2v) is 10.1. The van der Waals surface area contributed by atoms with Crippen LogP contribution in [0.5, 0.6) is 5.75 Å². The molecule has 1 aromatic rings. The van der Waals surface area contributed by atoms with Crippen molar-refractivity contribution in [2.45, 2.75) is 83.5 Å². The lowest BCUT2D eigenvalue weighted by Gasteiger charge is -2.45. The normalized spacial score (nSPS) is 35.0. The highest BCUT2D eigenvalue weighted by atomic mass is 19.1. The molecule has 0 radical (unpaired) electrons. The fourth-order valence-corrected chi connectivity index (χ4v) is 6.78. The maximum Gasteiger partial charge on any atom is 0.165 e. The smallest absolute Gasteiger partial charge is 0.165 e. The fraction of sp³-hybridized carbons (Fsp3) is 0.704. The molecular formula is C27H39FO. The summed E-state index contributed by atoms with van der Waals surface area (Å²) in [6.45, 7) is 6.35. The Balaban J connectivity index is 1.29. The maximum atomic E-state index is 14.3. The van der Waals surface area contributed by atoms with Gasteiger partial charge in [0.1, 0.15) is 6.61 Å². The molecule has 3 saturated carbocycles. The highest BCUT2D eigenvalue weighted by Crippen LogP contribution is 2.50. The molecule has 3 aliphatic rings. The Labute approximate surface area is 177 Å². The van der Waals surface area contributed by atoms with Crippen LogP contribution < -0.4 is 4.74 Å². The Bertz CT molecular complexity index is 675. The van der Waals surface area contributed by atoms with Gasteiger partial charge in [-0.25, -0.2) is 4.39 Å². The van der Waals surface area contributed by atoms with Crippen LogP contribution >= 0.6 is 0 Å². The van der Waals surface area contributed by atoms with E-state index in [2.05, 4.69) is 19.6 Å². The van der Waals surface area contributed by atoms with Crippen LogP contribution in [-0.2, 0) is 0 Å². The molecule has 0 N–H and O–H groups in total. The van der Waals surface area contributed by atoms with Crippen LogP contribution in [0.3, 0.4) is 0 Å². The minimum absolute atomic E-state index is 0.229. The van der Waals surface area contributed by atoms with Gasteiger partial charge >= 0.3 is 0 Å². The van der Waals surface area contributed by atoms with Crippen LogP contribution in [0, 0.1) is 35.4 Å². The van der Waals surface area contributed by atoms with Gasteiger partial charge in [-0.2, -0.15) is 0 Å². The van der Waals surface area contributed by atoms with E-state index >= 15 is 0 Å². The SMILES string of the molecule is C=CCOc1ccc(C2CCC(C3CCC4CC(CC)CCC4C3)CC2)cc1F. The van der Waals surface area contributed by atoms with Gasteiger partial charge < -0.3 is 4.74 Å². The first-order valence-corrected chi connectivity index (χ1v) is 12.2. The van der Waals surface area contributed by atoms with Gasteiger partial charge in [-0.3, -0.25) is 0 Å². The third kappa shape index (κ3) is 4.89. The minimum Gasteiger partial charge on any atom is -0.486 e. The van der Waals surface area contributed by atoms with Crippen LogP contribution in [0.15, 0.2) is 30.9 Å². The van der Waals surface area contributed by atoms with Crippen LogP contribution in [0.4, 0.5) is 4.39 Å². The van der Waals surface area contributed by atoms with E-state index in [-0.39, 0.29) is 5.82 Å². The predicted octanol–water partition coefficient (Wildman–Crippen LogP) is 7.91. The molecule has 1 aromatic carbocycles. The van der Waals surface area contributed by atoms with Crippen molar-refractivity contribution in [1.82, 2.24) is 0 Å². The standard InChI is InChI=1S/C27H39FO/c1-3-15-29-27-14-13-25(18-26(27)28)21-9-7-20(8-10-21)23-12-11-22-16-19(4-2)5-6-24(22)17-23/h3,13-14,18-24H,1,4-12,15-17H2,2H3. The van der Waals surface area contributed by atoms with Gasteiger partial charge in [0.2, 0.25) is 0 Å². The monoisotopic (exact) mass is 398 g/mol. The Kier molecular flexibility index (Phi) is 6.98. The number of hydrogen-bond acceptors (Lipinski definition) is 1. The van der Waals surface area contributed by atoms with E-state index in [0.717, 1.165) is 35.2 Å². The zero-order chi connectivity index (χ0) is 20.2. The van der Waals surface area contributed by atoms with Crippen LogP contribution in [0.1, 0.15) is 89.0 Å². The number of rotatable bonds is 6. The number of halogens is 1. The molecule has 3 aliphatic carbocycles. The lowest BCUT2D eigenvalue weighted by atomic mass is 9.60. The lowest BCUT2D eigenvalue weighted by molar-refractivity contribution is 0.0629. The molecule has 0 spiro atoms. The second-order valence-electron chi connectivity index (χ2n) is 10.1. The molecule has 3 fully saturated rings. The van der Waals surface area contributed by atoms with E-state index in [4.69, 9.17) is 4.74 Å². The summed E-state index contributed by atoms with van der Waals surface area (Å²) in [6.07, 6.45) is 17.1. The molecule has 2 heteroatoms. The summed E-state index contributed by atoms with van der Waals surface area (Å²) in [5.74, 6) is 5.57. The molecule has 160 valence electrons. The van der Waals surface area contributed by atoms with Crippen molar-refractivity contribution in [3.05, 3.63) is 42.2 Å². The van der Waals surface area contributed by atoms with Crippen molar-refractivity contribution in [1.29, 1.82) is 0 Å². The van der Waals surface area contributed by atoms with Gasteiger partial charge in [0.05, 0.1) is 0 Å². The molecule has 0 saturated heterocycles. The molecule has 0 amide bonds. The molecule has 1 nitrogen and oxygen atoms in total. The molecular weight excluding hydrogens is 359 g/mol. The summed E-state index contributed by atoms with van der Waals surface area (Å²) in [7, 11) is 0. The van der Waals surface area contributed by atoms with E-state index in [1.54, 1.807) is 18.2 Å². The van der Waals surface area contributed by atoms with Crippen molar-refractivity contribution in [2.75, 3.05) is 6.61 Å². The number of benzene rings is 1. The molecule has 4 rings (SSSR count). The van der Waals surface area contributed by atoms with Crippen molar-refractivity contribution in [2.24, 2.45) is 29.6 Å². The Morgan fingerprint density at radius 2 is 1.59 bits per heavy atom. The summed E-state index contributed by atoms with van der Waals surface area (Å²) in [5.41, 5.74) is 1.16. The molecule has 0 aromatic heterocycles. The predicted molar refractivity (Wildman–Crippen MR) is 119 cm³/mol. The second kappa shape index (κ2) is 9.67. The largest absolute Gasteiger partial charge is 0.486 e. The van der Waals surface area contributed by atoms with Gasteiger partial charge in [-0.1, -0.05) is 38.5 Å². The summed E-state index contributed by atoms with van der Waals surface area (Å²) < 4.78 is 19.7. The van der Waals surface area contributed by atoms with Crippen molar-refractivity contribution in [3.63, 3.8) is 0 Å². The average molecular weight is 399 g/mol. The molecule has 4 unspecified atom stereocenters. The first-order chi connectivity index (χ1) is 14.2. The number of hydrogen-bond donors (Lipinski definition) is 0. The Hall–Kier alpha value is -1.31. The highest BCUT2D eigenvalue weighted by molar-refractivity contribution is 5.31. The zero-order valence-corrected chi connectivity index (χ0v) is 18.3. The van der Waals surface area contributed by atoms with Crippen molar-refractivity contribution >= 4 is 0 Å². The van der Waals surface area contributed by atoms with E-state index < -0.39 is 0 Å². The van der Waals surface area contributed by atoms with Gasteiger partial charge in [0, 0.05) is 0 Å². The molecule has 29 heavy (non-hydrogen) atoms. The third-order valence-corrected chi connectivity index (χ3v) is 8.56. The minimum atomic E-state index is -0.229. The third-order valence-electron chi connectivity index (χ3n) is 8.56. The first kappa shape index (κ1) is 20.9. The quantitative estimate of drug-likeness (QED) is 0.442. The zero-order valence-electron chi connectivity index (χ0n) is 18.3. The summed E-state index contributed by atoms with van der Waals surface area (Å²) >= 11 is 0. The fourth-order valence-electron chi connectivity index (χ4n) is 6.78. The highest BCUT2D eigenvalue weighted by Gasteiger charge is 2.38. The van der Waals surface area contributed by atoms with Crippen LogP contribution in [0.2, 0.25) is 0 Å². The topological polar surface area (TPSA) is 9.23 Å². The van der Waals surface area contributed by atoms with E-state index in [0.29, 0.717) is 18.3 Å². The van der Waals surface area contributed by atoms with Gasteiger partial charge in [0.25, 0.3) is 0 Å². The Morgan fingerprint density at radius 1 is 0.931 bits per heavy atom. The van der Waals surface area contributed by atoms with Gasteiger partial charge in [-0.05, 0) is 111 Å². The molecule has 4 atom stereocenters. The summed E-state index contributed by atoms with van der Waals surface area (Å²) in [6, 6.07) is 5.58. The summed E-state index contributed by atoms with van der Waals surface area (Å²) in [5, 5.41) is 0. The average Bonchev–Trinajstić information content (AvgIpc) is 2.77. The van der Waals surface area contributed by atoms with Crippen molar-refractivity contribution < 1.29 is 9.13 Å².